The standard InChI is InChI=1S/C19H27FN6O/c1-19(2,3)25-8-7-16(12-25)23-18(27)21-10-17-22-13-26(24-17)11-14-5-4-6-15(20)9-14/h4-6,9,13,16H,7-8,10-12H2,1-3H3,(H2,21,23,27). The van der Waals surface area contributed by atoms with E-state index in [9.17, 15) is 9.18 Å². The predicted octanol–water partition coefficient (Wildman–Crippen LogP) is 2.14. The summed E-state index contributed by atoms with van der Waals surface area (Å²) in [5.41, 5.74) is 0.924. The highest BCUT2D eigenvalue weighted by Gasteiger charge is 2.30. The number of hydrogen-bond acceptors (Lipinski definition) is 4. The van der Waals surface area contributed by atoms with E-state index in [0.717, 1.165) is 25.1 Å². The molecule has 0 saturated carbocycles. The Hall–Kier alpha value is -2.48. The molecule has 2 amide bonds. The highest BCUT2D eigenvalue weighted by Crippen LogP contribution is 2.20. The number of hydrogen-bond donors (Lipinski definition) is 2. The molecule has 2 aromatic rings. The van der Waals surface area contributed by atoms with Crippen LogP contribution in [0.1, 0.15) is 38.6 Å². The quantitative estimate of drug-likeness (QED) is 0.841. The molecule has 1 saturated heterocycles. The van der Waals surface area contributed by atoms with Crippen LogP contribution in [0.2, 0.25) is 0 Å². The lowest BCUT2D eigenvalue weighted by Crippen LogP contribution is -2.45. The second kappa shape index (κ2) is 8.04. The van der Waals surface area contributed by atoms with Gasteiger partial charge in [-0.25, -0.2) is 18.9 Å². The Bertz CT molecular complexity index is 785. The van der Waals surface area contributed by atoms with Crippen molar-refractivity contribution >= 4 is 6.03 Å². The Balaban J connectivity index is 1.44. The molecule has 1 fully saturated rings. The third-order valence-corrected chi connectivity index (χ3v) is 4.70. The molecule has 1 aromatic heterocycles. The topological polar surface area (TPSA) is 75.1 Å². The lowest BCUT2D eigenvalue weighted by Gasteiger charge is -2.31. The Kier molecular flexibility index (Phi) is 5.74. The molecule has 1 aliphatic heterocycles. The number of nitrogens with one attached hydrogen (secondary N) is 2. The molecule has 7 nitrogen and oxygen atoms in total. The van der Waals surface area contributed by atoms with Gasteiger partial charge in [0.15, 0.2) is 5.82 Å². The summed E-state index contributed by atoms with van der Waals surface area (Å²) in [5.74, 6) is 0.243. The van der Waals surface area contributed by atoms with E-state index >= 15 is 0 Å². The number of aromatic nitrogens is 3. The molecule has 1 aliphatic rings. The second-order valence-corrected chi connectivity index (χ2v) is 7.92. The number of rotatable bonds is 5. The van der Waals surface area contributed by atoms with Crippen LogP contribution in [-0.2, 0) is 13.1 Å². The first kappa shape index (κ1) is 19.3. The van der Waals surface area contributed by atoms with Gasteiger partial charge in [-0.1, -0.05) is 12.1 Å². The maximum Gasteiger partial charge on any atom is 0.315 e. The molecule has 0 aliphatic carbocycles. The smallest absolute Gasteiger partial charge is 0.315 e. The normalized spacial score (nSPS) is 17.9. The van der Waals surface area contributed by atoms with Gasteiger partial charge >= 0.3 is 6.03 Å². The number of benzene rings is 1. The molecule has 8 heteroatoms. The van der Waals surface area contributed by atoms with Crippen molar-refractivity contribution in [3.63, 3.8) is 0 Å². The predicted molar refractivity (Wildman–Crippen MR) is 101 cm³/mol. The highest BCUT2D eigenvalue weighted by atomic mass is 19.1. The van der Waals surface area contributed by atoms with Gasteiger partial charge in [-0.3, -0.25) is 4.90 Å². The van der Waals surface area contributed by atoms with Crippen molar-refractivity contribution in [3.05, 3.63) is 47.8 Å². The van der Waals surface area contributed by atoms with Crippen LogP contribution in [0.3, 0.4) is 0 Å². The molecule has 27 heavy (non-hydrogen) atoms. The van der Waals surface area contributed by atoms with Gasteiger partial charge in [0.1, 0.15) is 12.1 Å². The fourth-order valence-electron chi connectivity index (χ4n) is 3.20. The van der Waals surface area contributed by atoms with Gasteiger partial charge in [0.2, 0.25) is 0 Å². The summed E-state index contributed by atoms with van der Waals surface area (Å²) in [5, 5.41) is 10.1. The van der Waals surface area contributed by atoms with Crippen molar-refractivity contribution in [2.24, 2.45) is 0 Å². The number of halogens is 1. The monoisotopic (exact) mass is 374 g/mol. The van der Waals surface area contributed by atoms with Crippen LogP contribution in [0.5, 0.6) is 0 Å². The van der Waals surface area contributed by atoms with Crippen molar-refractivity contribution in [1.82, 2.24) is 30.3 Å². The molecule has 1 aromatic carbocycles. The van der Waals surface area contributed by atoms with Gasteiger partial charge in [-0.2, -0.15) is 5.10 Å². The zero-order chi connectivity index (χ0) is 19.4. The summed E-state index contributed by atoms with van der Waals surface area (Å²) in [6.07, 6.45) is 2.53. The molecule has 0 radical (unpaired) electrons. The van der Waals surface area contributed by atoms with E-state index in [1.165, 1.54) is 12.1 Å². The lowest BCUT2D eigenvalue weighted by atomic mass is 10.1. The average molecular weight is 374 g/mol. The van der Waals surface area contributed by atoms with Crippen molar-refractivity contribution in [3.8, 4) is 0 Å². The summed E-state index contributed by atoms with van der Waals surface area (Å²) >= 11 is 0. The van der Waals surface area contributed by atoms with Gasteiger partial charge in [0, 0.05) is 24.7 Å². The Labute approximate surface area is 159 Å². The minimum Gasteiger partial charge on any atom is -0.334 e. The number of carbonyl (C=O) groups is 1. The van der Waals surface area contributed by atoms with Gasteiger partial charge in [-0.05, 0) is 44.9 Å². The molecule has 0 bridgehead atoms. The summed E-state index contributed by atoms with van der Waals surface area (Å²) in [6, 6.07) is 6.32. The zero-order valence-electron chi connectivity index (χ0n) is 16.1. The van der Waals surface area contributed by atoms with E-state index in [4.69, 9.17) is 0 Å². The molecule has 2 heterocycles. The van der Waals surface area contributed by atoms with Gasteiger partial charge in [-0.15, -0.1) is 0 Å². The molecular formula is C19H27FN6O. The van der Waals surface area contributed by atoms with Crippen molar-refractivity contribution in [2.75, 3.05) is 13.1 Å². The van der Waals surface area contributed by atoms with Crippen LogP contribution in [-0.4, -0.2) is 50.4 Å². The summed E-state index contributed by atoms with van der Waals surface area (Å²) in [7, 11) is 0. The third-order valence-electron chi connectivity index (χ3n) is 4.70. The van der Waals surface area contributed by atoms with Crippen LogP contribution >= 0.6 is 0 Å². The van der Waals surface area contributed by atoms with E-state index in [1.54, 1.807) is 17.1 Å². The first-order valence-electron chi connectivity index (χ1n) is 9.22. The van der Waals surface area contributed by atoms with Crippen LogP contribution in [0.15, 0.2) is 30.6 Å². The number of amides is 2. The largest absolute Gasteiger partial charge is 0.334 e. The van der Waals surface area contributed by atoms with Crippen LogP contribution < -0.4 is 10.6 Å². The Morgan fingerprint density at radius 1 is 1.37 bits per heavy atom. The highest BCUT2D eigenvalue weighted by molar-refractivity contribution is 5.74. The summed E-state index contributed by atoms with van der Waals surface area (Å²) < 4.78 is 14.9. The van der Waals surface area contributed by atoms with Crippen LogP contribution in [0.4, 0.5) is 9.18 Å². The molecular weight excluding hydrogens is 347 g/mol. The number of nitrogens with zero attached hydrogens (tertiary/aromatic N) is 4. The van der Waals surface area contributed by atoms with Gasteiger partial charge < -0.3 is 10.6 Å². The molecule has 0 spiro atoms. The Morgan fingerprint density at radius 2 is 2.19 bits per heavy atom. The fourth-order valence-corrected chi connectivity index (χ4v) is 3.20. The van der Waals surface area contributed by atoms with E-state index in [0.29, 0.717) is 12.4 Å². The minimum atomic E-state index is -0.275. The van der Waals surface area contributed by atoms with E-state index in [1.807, 2.05) is 6.07 Å². The molecule has 1 atom stereocenters. The first-order chi connectivity index (χ1) is 12.8. The number of likely N-dealkylation sites (tertiary alicyclic amines) is 1. The lowest BCUT2D eigenvalue weighted by molar-refractivity contribution is 0.170. The maximum absolute atomic E-state index is 13.2. The fraction of sp³-hybridized carbons (Fsp3) is 0.526. The maximum atomic E-state index is 13.2. The van der Waals surface area contributed by atoms with Crippen LogP contribution in [0.25, 0.3) is 0 Å². The first-order valence-corrected chi connectivity index (χ1v) is 9.22. The summed E-state index contributed by atoms with van der Waals surface area (Å²) in [4.78, 5) is 18.7. The molecule has 146 valence electrons. The minimum absolute atomic E-state index is 0.116. The molecule has 1 unspecified atom stereocenters. The third kappa shape index (κ3) is 5.50. The Morgan fingerprint density at radius 3 is 2.89 bits per heavy atom. The van der Waals surface area contributed by atoms with Gasteiger partial charge in [0.05, 0.1) is 13.1 Å². The number of urea groups is 1. The summed E-state index contributed by atoms with van der Waals surface area (Å²) in [6.45, 7) is 9.07. The average Bonchev–Trinajstić information content (AvgIpc) is 3.22. The van der Waals surface area contributed by atoms with E-state index in [2.05, 4.69) is 46.4 Å². The van der Waals surface area contributed by atoms with Crippen LogP contribution in [0, 0.1) is 5.82 Å². The van der Waals surface area contributed by atoms with Crippen molar-refractivity contribution in [1.29, 1.82) is 0 Å². The second-order valence-electron chi connectivity index (χ2n) is 7.92. The van der Waals surface area contributed by atoms with Gasteiger partial charge in [0.25, 0.3) is 0 Å². The van der Waals surface area contributed by atoms with Crippen molar-refractivity contribution < 1.29 is 9.18 Å². The van der Waals surface area contributed by atoms with E-state index in [-0.39, 0.29) is 30.0 Å². The van der Waals surface area contributed by atoms with E-state index < -0.39 is 0 Å². The van der Waals surface area contributed by atoms with Crippen molar-refractivity contribution in [2.45, 2.75) is 51.9 Å². The molecule has 3 rings (SSSR count). The molecule has 2 N–H and O–H groups in total. The number of carbonyl (C=O) groups excluding carboxylic acids is 1. The zero-order valence-corrected chi connectivity index (χ0v) is 16.1. The SMILES string of the molecule is CC(C)(C)N1CCC(NC(=O)NCc2ncn(Cc3cccc(F)c3)n2)C1.